The molecule has 0 aliphatic carbocycles. The van der Waals surface area contributed by atoms with E-state index in [9.17, 15) is 5.11 Å². The molecular formula is C37H45ClFN5O3Si. The average Bonchev–Trinajstić information content (AvgIpc) is 3.61. The SMILES string of the molecule is CC1(O)CCCNC1c1nc(OC[C@@]23CCCN2C[C@H](O[Si](c2ccccc2)(c2ccccc2)C(C)(C)C)C3)nc2c(F)c(Cl)ncc12. The largest absolute Gasteiger partial charge is 0.461 e. The van der Waals surface area contributed by atoms with Crippen molar-refractivity contribution in [2.24, 2.45) is 0 Å². The summed E-state index contributed by atoms with van der Waals surface area (Å²) < 4.78 is 29.4. The summed E-state index contributed by atoms with van der Waals surface area (Å²) in [6, 6.07) is 21.0. The molecule has 0 bridgehead atoms. The van der Waals surface area contributed by atoms with E-state index in [0.29, 0.717) is 30.7 Å². The fraction of sp³-hybridized carbons (Fsp3) is 0.486. The second-order valence-corrected chi connectivity index (χ2v) is 19.6. The van der Waals surface area contributed by atoms with Crippen molar-refractivity contribution in [1.82, 2.24) is 25.2 Å². The molecule has 0 radical (unpaired) electrons. The molecular weight excluding hydrogens is 645 g/mol. The number of aliphatic hydroxyl groups is 1. The Labute approximate surface area is 288 Å². The number of aromatic nitrogens is 3. The second-order valence-electron chi connectivity index (χ2n) is 15.0. The van der Waals surface area contributed by atoms with Crippen LogP contribution < -0.4 is 20.4 Å². The van der Waals surface area contributed by atoms with Gasteiger partial charge in [-0.3, -0.25) is 4.90 Å². The van der Waals surface area contributed by atoms with Crippen molar-refractivity contribution in [3.63, 3.8) is 0 Å². The van der Waals surface area contributed by atoms with Gasteiger partial charge in [-0.15, -0.1) is 0 Å². The summed E-state index contributed by atoms with van der Waals surface area (Å²) in [6.07, 6.45) is 5.71. The Hall–Kier alpha value is -2.99. The molecule has 11 heteroatoms. The first-order valence-corrected chi connectivity index (χ1v) is 19.4. The molecule has 2 unspecified atom stereocenters. The highest BCUT2D eigenvalue weighted by molar-refractivity contribution is 6.99. The maximum Gasteiger partial charge on any atom is 0.317 e. The van der Waals surface area contributed by atoms with Gasteiger partial charge in [-0.05, 0) is 67.5 Å². The number of piperidine rings is 1. The van der Waals surface area contributed by atoms with E-state index in [0.717, 1.165) is 38.8 Å². The fourth-order valence-corrected chi connectivity index (χ4v) is 13.3. The van der Waals surface area contributed by atoms with Gasteiger partial charge in [0, 0.05) is 18.1 Å². The van der Waals surface area contributed by atoms with Crippen molar-refractivity contribution in [1.29, 1.82) is 0 Å². The van der Waals surface area contributed by atoms with Gasteiger partial charge < -0.3 is 19.6 Å². The number of rotatable bonds is 8. The third-order valence-corrected chi connectivity index (χ3v) is 16.1. The van der Waals surface area contributed by atoms with Crippen LogP contribution in [0.1, 0.15) is 71.5 Å². The first-order chi connectivity index (χ1) is 22.9. The first kappa shape index (κ1) is 33.5. The molecule has 2 N–H and O–H groups in total. The molecule has 7 rings (SSSR count). The number of pyridine rings is 1. The van der Waals surface area contributed by atoms with Gasteiger partial charge >= 0.3 is 6.01 Å². The Morgan fingerprint density at radius 1 is 1.04 bits per heavy atom. The molecule has 48 heavy (non-hydrogen) atoms. The maximum absolute atomic E-state index is 15.4. The van der Waals surface area contributed by atoms with Gasteiger partial charge in [0.2, 0.25) is 0 Å². The Morgan fingerprint density at radius 2 is 1.73 bits per heavy atom. The lowest BCUT2D eigenvalue weighted by Gasteiger charge is -2.44. The molecule has 4 aromatic rings. The molecule has 254 valence electrons. The number of nitrogens with zero attached hydrogens (tertiary/aromatic N) is 4. The summed E-state index contributed by atoms with van der Waals surface area (Å²) >= 11 is 6.11. The van der Waals surface area contributed by atoms with E-state index >= 15 is 4.39 Å². The van der Waals surface area contributed by atoms with Crippen LogP contribution in [0.2, 0.25) is 10.2 Å². The van der Waals surface area contributed by atoms with E-state index in [-0.39, 0.29) is 33.4 Å². The van der Waals surface area contributed by atoms with Gasteiger partial charge in [0.05, 0.1) is 29.0 Å². The Bertz CT molecular complexity index is 1740. The van der Waals surface area contributed by atoms with Gasteiger partial charge in [0.1, 0.15) is 12.1 Å². The Morgan fingerprint density at radius 3 is 2.38 bits per heavy atom. The predicted molar refractivity (Wildman–Crippen MR) is 189 cm³/mol. The van der Waals surface area contributed by atoms with E-state index in [2.05, 4.69) is 102 Å². The van der Waals surface area contributed by atoms with Gasteiger partial charge in [0.15, 0.2) is 11.0 Å². The summed E-state index contributed by atoms with van der Waals surface area (Å²) in [5.74, 6) is -0.724. The zero-order valence-corrected chi connectivity index (χ0v) is 29.9. The summed E-state index contributed by atoms with van der Waals surface area (Å²) in [7, 11) is -2.75. The van der Waals surface area contributed by atoms with Crippen molar-refractivity contribution in [2.75, 3.05) is 26.2 Å². The molecule has 3 aliphatic heterocycles. The molecule has 3 saturated heterocycles. The minimum atomic E-state index is -2.75. The highest BCUT2D eigenvalue weighted by Crippen LogP contribution is 2.45. The van der Waals surface area contributed by atoms with Crippen LogP contribution in [0, 0.1) is 5.82 Å². The zero-order valence-electron chi connectivity index (χ0n) is 28.2. The Kier molecular flexibility index (Phi) is 8.87. The normalized spacial score (nSPS) is 26.6. The average molecular weight is 690 g/mol. The van der Waals surface area contributed by atoms with Crippen LogP contribution in [-0.4, -0.2) is 76.8 Å². The van der Waals surface area contributed by atoms with Crippen molar-refractivity contribution in [2.45, 2.75) is 88.1 Å². The lowest BCUT2D eigenvalue weighted by Crippen LogP contribution is -2.67. The minimum absolute atomic E-state index is 0.00264. The standard InChI is InChI=1S/C37H45ClFN5O3Si/c1-35(2,3)48(26-13-7-5-8-14-26,27-15-9-6-10-16-27)47-25-21-37(18-12-20-44(37)23-25)24-46-34-42-30-28(22-41-33(38)29(30)39)31(43-34)32-36(4,45)17-11-19-40-32/h5-10,13-16,22,25,32,40,45H,11-12,17-21,23-24H2,1-4H3/t25-,32?,36?,37+/m1/s1. The zero-order chi connectivity index (χ0) is 33.7. The quantitative estimate of drug-likeness (QED) is 0.184. The molecule has 3 fully saturated rings. The lowest BCUT2D eigenvalue weighted by molar-refractivity contribution is -0.00843. The highest BCUT2D eigenvalue weighted by atomic mass is 35.5. The van der Waals surface area contributed by atoms with Crippen LogP contribution in [0.15, 0.2) is 66.9 Å². The van der Waals surface area contributed by atoms with Crippen LogP contribution in [0.25, 0.3) is 10.9 Å². The van der Waals surface area contributed by atoms with Gasteiger partial charge in [-0.1, -0.05) is 93.0 Å². The highest BCUT2D eigenvalue weighted by Gasteiger charge is 2.56. The van der Waals surface area contributed by atoms with E-state index in [1.54, 1.807) is 6.92 Å². The number of ether oxygens (including phenoxy) is 1. The molecule has 2 aromatic heterocycles. The van der Waals surface area contributed by atoms with Crippen molar-refractivity contribution >= 4 is 41.2 Å². The second kappa shape index (κ2) is 12.7. The van der Waals surface area contributed by atoms with Crippen LogP contribution >= 0.6 is 11.6 Å². The summed E-state index contributed by atoms with van der Waals surface area (Å²) in [4.78, 5) is 15.9. The number of halogens is 2. The van der Waals surface area contributed by atoms with Gasteiger partial charge in [-0.2, -0.15) is 9.97 Å². The molecule has 4 atom stereocenters. The number of hydrogen-bond acceptors (Lipinski definition) is 8. The number of fused-ring (bicyclic) bond motifs is 2. The number of nitrogens with one attached hydrogen (secondary N) is 1. The van der Waals surface area contributed by atoms with Gasteiger partial charge in [-0.25, -0.2) is 9.37 Å². The third kappa shape index (κ3) is 5.84. The molecule has 3 aliphatic rings. The monoisotopic (exact) mass is 689 g/mol. The molecule has 5 heterocycles. The van der Waals surface area contributed by atoms with E-state index in [1.807, 2.05) is 0 Å². The smallest absolute Gasteiger partial charge is 0.317 e. The van der Waals surface area contributed by atoms with Crippen LogP contribution in [0.3, 0.4) is 0 Å². The fourth-order valence-electron chi connectivity index (χ4n) is 8.45. The molecule has 0 amide bonds. The van der Waals surface area contributed by atoms with Crippen LogP contribution in [-0.2, 0) is 4.43 Å². The molecule has 8 nitrogen and oxygen atoms in total. The van der Waals surface area contributed by atoms with Crippen molar-refractivity contribution in [3.05, 3.63) is 83.5 Å². The van der Waals surface area contributed by atoms with Crippen molar-refractivity contribution < 1.29 is 18.7 Å². The van der Waals surface area contributed by atoms with E-state index in [4.69, 9.17) is 25.7 Å². The summed E-state index contributed by atoms with van der Waals surface area (Å²) in [6.45, 7) is 11.5. The van der Waals surface area contributed by atoms with Crippen molar-refractivity contribution in [3.8, 4) is 6.01 Å². The number of benzene rings is 2. The van der Waals surface area contributed by atoms with Crippen LogP contribution in [0.5, 0.6) is 6.01 Å². The summed E-state index contributed by atoms with van der Waals surface area (Å²) in [5.41, 5.74) is -0.858. The van der Waals surface area contributed by atoms with E-state index < -0.39 is 25.8 Å². The maximum atomic E-state index is 15.4. The van der Waals surface area contributed by atoms with E-state index in [1.165, 1.54) is 16.6 Å². The van der Waals surface area contributed by atoms with Gasteiger partial charge in [0.25, 0.3) is 8.32 Å². The third-order valence-electron chi connectivity index (χ3n) is 10.8. The minimum Gasteiger partial charge on any atom is -0.461 e. The van der Waals surface area contributed by atoms with Crippen LogP contribution in [0.4, 0.5) is 4.39 Å². The predicted octanol–water partition coefficient (Wildman–Crippen LogP) is 5.56. The number of hydrogen-bond donors (Lipinski definition) is 2. The molecule has 0 saturated carbocycles. The first-order valence-electron chi connectivity index (χ1n) is 17.1. The topological polar surface area (TPSA) is 92.6 Å². The lowest BCUT2D eigenvalue weighted by atomic mass is 9.85. The Balaban J connectivity index is 1.21. The molecule has 2 aromatic carbocycles. The molecule has 0 spiro atoms. The summed E-state index contributed by atoms with van der Waals surface area (Å²) in [5, 5.41) is 17.2.